The zero-order valence-electron chi connectivity index (χ0n) is 14.1. The Morgan fingerprint density at radius 2 is 1.84 bits per heavy atom. The smallest absolute Gasteiger partial charge is 0.264 e. The Labute approximate surface area is 144 Å². The van der Waals surface area contributed by atoms with E-state index >= 15 is 0 Å². The van der Waals surface area contributed by atoms with E-state index in [4.69, 9.17) is 4.42 Å². The standard InChI is InChI=1S/C16H17FN4O3S/c1-8-5-6-12(17)13(7-8)21-25(22,23)15-10(3)18-9(2)14(15)16-20-19-11(4)24-16/h5-7,18,21H,1-4H3. The summed E-state index contributed by atoms with van der Waals surface area (Å²) in [5.41, 5.74) is 1.84. The SMILES string of the molecule is Cc1ccc(F)c(NS(=O)(=O)c2c(C)[nH]c(C)c2-c2nnc(C)o2)c1. The van der Waals surface area contributed by atoms with Crippen molar-refractivity contribution < 1.29 is 17.2 Å². The highest BCUT2D eigenvalue weighted by Crippen LogP contribution is 2.34. The lowest BCUT2D eigenvalue weighted by atomic mass is 10.2. The number of nitrogens with one attached hydrogen (secondary N) is 2. The third kappa shape index (κ3) is 3.14. The van der Waals surface area contributed by atoms with Gasteiger partial charge >= 0.3 is 0 Å². The summed E-state index contributed by atoms with van der Waals surface area (Å²) in [6.45, 7) is 6.67. The molecule has 2 N–H and O–H groups in total. The van der Waals surface area contributed by atoms with Crippen molar-refractivity contribution in [3.63, 3.8) is 0 Å². The molecule has 0 saturated carbocycles. The van der Waals surface area contributed by atoms with Gasteiger partial charge in [0.1, 0.15) is 10.7 Å². The molecule has 9 heteroatoms. The second-order valence-corrected chi connectivity index (χ2v) is 7.41. The molecule has 3 rings (SSSR count). The Morgan fingerprint density at radius 3 is 2.48 bits per heavy atom. The minimum Gasteiger partial charge on any atom is -0.421 e. The van der Waals surface area contributed by atoms with Gasteiger partial charge in [-0.1, -0.05) is 6.07 Å². The fourth-order valence-corrected chi connectivity index (χ4v) is 4.17. The van der Waals surface area contributed by atoms with Crippen LogP contribution in [0.15, 0.2) is 27.5 Å². The van der Waals surface area contributed by atoms with Crippen molar-refractivity contribution in [2.24, 2.45) is 0 Å². The van der Waals surface area contributed by atoms with Crippen LogP contribution in [0.3, 0.4) is 0 Å². The first-order chi connectivity index (χ1) is 11.7. The summed E-state index contributed by atoms with van der Waals surface area (Å²) in [5.74, 6) is -0.256. The van der Waals surface area contributed by atoms with E-state index in [2.05, 4.69) is 19.9 Å². The van der Waals surface area contributed by atoms with E-state index in [1.165, 1.54) is 12.1 Å². The number of anilines is 1. The van der Waals surface area contributed by atoms with Crippen LogP contribution in [-0.2, 0) is 10.0 Å². The lowest BCUT2D eigenvalue weighted by Gasteiger charge is -2.10. The van der Waals surface area contributed by atoms with Crippen molar-refractivity contribution in [2.45, 2.75) is 32.6 Å². The minimum atomic E-state index is -4.08. The molecule has 0 aliphatic carbocycles. The molecule has 0 amide bonds. The molecule has 2 aromatic heterocycles. The summed E-state index contributed by atoms with van der Waals surface area (Å²) in [4.78, 5) is 2.91. The number of rotatable bonds is 4. The van der Waals surface area contributed by atoms with E-state index in [1.807, 2.05) is 0 Å². The normalized spacial score (nSPS) is 11.7. The van der Waals surface area contributed by atoms with Crippen LogP contribution in [0.5, 0.6) is 0 Å². The highest BCUT2D eigenvalue weighted by atomic mass is 32.2. The quantitative estimate of drug-likeness (QED) is 0.740. The average molecular weight is 364 g/mol. The van der Waals surface area contributed by atoms with Crippen molar-refractivity contribution in [3.05, 3.63) is 46.9 Å². The first kappa shape index (κ1) is 17.2. The third-order valence-electron chi connectivity index (χ3n) is 3.69. The number of benzene rings is 1. The molecule has 0 spiro atoms. The molecule has 2 heterocycles. The molecule has 0 radical (unpaired) electrons. The van der Waals surface area contributed by atoms with Gasteiger partial charge in [0.15, 0.2) is 0 Å². The van der Waals surface area contributed by atoms with Gasteiger partial charge in [-0.2, -0.15) is 0 Å². The van der Waals surface area contributed by atoms with E-state index < -0.39 is 15.8 Å². The van der Waals surface area contributed by atoms with Crippen molar-refractivity contribution >= 4 is 15.7 Å². The van der Waals surface area contributed by atoms with Gasteiger partial charge < -0.3 is 9.40 Å². The van der Waals surface area contributed by atoms with Gasteiger partial charge in [-0.15, -0.1) is 10.2 Å². The maximum absolute atomic E-state index is 14.0. The molecule has 3 aromatic rings. The van der Waals surface area contributed by atoms with Crippen LogP contribution in [-0.4, -0.2) is 23.6 Å². The van der Waals surface area contributed by atoms with E-state index in [0.717, 1.165) is 5.56 Å². The first-order valence-corrected chi connectivity index (χ1v) is 8.96. The van der Waals surface area contributed by atoms with E-state index in [0.29, 0.717) is 17.3 Å². The van der Waals surface area contributed by atoms with Crippen LogP contribution in [0.2, 0.25) is 0 Å². The number of nitrogens with zero attached hydrogens (tertiary/aromatic N) is 2. The molecule has 25 heavy (non-hydrogen) atoms. The molecule has 0 atom stereocenters. The Hall–Kier alpha value is -2.68. The molecule has 132 valence electrons. The number of aromatic amines is 1. The Balaban J connectivity index is 2.13. The number of hydrogen-bond donors (Lipinski definition) is 2. The second-order valence-electron chi connectivity index (χ2n) is 5.79. The Morgan fingerprint density at radius 1 is 1.12 bits per heavy atom. The van der Waals surface area contributed by atoms with Crippen LogP contribution >= 0.6 is 0 Å². The maximum Gasteiger partial charge on any atom is 0.264 e. The zero-order valence-corrected chi connectivity index (χ0v) is 15.0. The highest BCUT2D eigenvalue weighted by Gasteiger charge is 2.29. The fraction of sp³-hybridized carbons (Fsp3) is 0.250. The lowest BCUT2D eigenvalue weighted by Crippen LogP contribution is -2.15. The number of halogens is 1. The van der Waals surface area contributed by atoms with Gasteiger partial charge in [-0.25, -0.2) is 12.8 Å². The van der Waals surface area contributed by atoms with Crippen LogP contribution in [0.1, 0.15) is 22.8 Å². The lowest BCUT2D eigenvalue weighted by molar-refractivity contribution is 0.531. The molecule has 0 aliphatic heterocycles. The van der Waals surface area contributed by atoms with E-state index in [1.54, 1.807) is 33.8 Å². The summed E-state index contributed by atoms with van der Waals surface area (Å²) in [7, 11) is -4.08. The summed E-state index contributed by atoms with van der Waals surface area (Å²) in [6.07, 6.45) is 0. The molecule has 0 aliphatic rings. The number of hydrogen-bond acceptors (Lipinski definition) is 5. The van der Waals surface area contributed by atoms with E-state index in [9.17, 15) is 12.8 Å². The van der Waals surface area contributed by atoms with Crippen LogP contribution < -0.4 is 4.72 Å². The summed E-state index contributed by atoms with van der Waals surface area (Å²) in [6, 6.07) is 4.20. The number of aromatic nitrogens is 3. The second kappa shape index (κ2) is 5.99. The third-order valence-corrected chi connectivity index (χ3v) is 5.23. The van der Waals surface area contributed by atoms with Gasteiger partial charge in [0.25, 0.3) is 15.9 Å². The Kier molecular flexibility index (Phi) is 4.11. The fourth-order valence-electron chi connectivity index (χ4n) is 2.66. The molecule has 1 aromatic carbocycles. The van der Waals surface area contributed by atoms with Gasteiger partial charge in [-0.05, 0) is 38.5 Å². The molecule has 0 fully saturated rings. The Bertz CT molecular complexity index is 1050. The van der Waals surface area contributed by atoms with Crippen LogP contribution in [0.4, 0.5) is 10.1 Å². The number of sulfonamides is 1. The molecule has 0 unspecified atom stereocenters. The molecule has 0 saturated heterocycles. The minimum absolute atomic E-state index is 0.0467. The van der Waals surface area contributed by atoms with Crippen molar-refractivity contribution in [3.8, 4) is 11.5 Å². The molecular weight excluding hydrogens is 347 g/mol. The number of H-pyrrole nitrogens is 1. The van der Waals surface area contributed by atoms with Crippen molar-refractivity contribution in [1.29, 1.82) is 0 Å². The summed E-state index contributed by atoms with van der Waals surface area (Å²) in [5, 5.41) is 7.64. The zero-order chi connectivity index (χ0) is 18.4. The predicted octanol–water partition coefficient (Wildman–Crippen LogP) is 3.24. The average Bonchev–Trinajstić information content (AvgIpc) is 3.05. The molecular formula is C16H17FN4O3S. The summed E-state index contributed by atoms with van der Waals surface area (Å²) >= 11 is 0. The maximum atomic E-state index is 14.0. The topological polar surface area (TPSA) is 101 Å². The van der Waals surface area contributed by atoms with E-state index in [-0.39, 0.29) is 22.0 Å². The largest absolute Gasteiger partial charge is 0.421 e. The van der Waals surface area contributed by atoms with Crippen molar-refractivity contribution in [1.82, 2.24) is 15.2 Å². The van der Waals surface area contributed by atoms with Gasteiger partial charge in [0, 0.05) is 18.3 Å². The molecule has 0 bridgehead atoms. The first-order valence-electron chi connectivity index (χ1n) is 7.47. The van der Waals surface area contributed by atoms with Crippen LogP contribution in [0.25, 0.3) is 11.5 Å². The monoisotopic (exact) mass is 364 g/mol. The predicted molar refractivity (Wildman–Crippen MR) is 90.2 cm³/mol. The van der Waals surface area contributed by atoms with Crippen molar-refractivity contribution in [2.75, 3.05) is 4.72 Å². The number of aryl methyl sites for hydroxylation is 4. The van der Waals surface area contributed by atoms with Gasteiger partial charge in [0.05, 0.1) is 11.3 Å². The van der Waals surface area contributed by atoms with Crippen LogP contribution in [0, 0.1) is 33.5 Å². The van der Waals surface area contributed by atoms with Gasteiger partial charge in [-0.3, -0.25) is 4.72 Å². The summed E-state index contributed by atoms with van der Waals surface area (Å²) < 4.78 is 47.5. The molecule has 7 nitrogen and oxygen atoms in total. The van der Waals surface area contributed by atoms with Gasteiger partial charge in [0.2, 0.25) is 5.89 Å². The highest BCUT2D eigenvalue weighted by molar-refractivity contribution is 7.93.